The predicted molar refractivity (Wildman–Crippen MR) is 47.6 cm³/mol. The van der Waals surface area contributed by atoms with Gasteiger partial charge in [0.05, 0.1) is 10.7 Å². The molecule has 8 heteroatoms. The molecule has 1 unspecified atom stereocenters. The third kappa shape index (κ3) is 2.84. The van der Waals surface area contributed by atoms with Gasteiger partial charge in [-0.15, -0.1) is 0 Å². The van der Waals surface area contributed by atoms with Crippen molar-refractivity contribution in [3.8, 4) is 0 Å². The van der Waals surface area contributed by atoms with E-state index in [4.69, 9.17) is 5.73 Å². The Hall–Kier alpha value is -1.27. The Morgan fingerprint density at radius 2 is 1.73 bits per heavy atom. The number of rotatable bonds is 3. The molecule has 0 aliphatic rings. The molecule has 0 heterocycles. The molecule has 0 bridgehead atoms. The van der Waals surface area contributed by atoms with E-state index in [2.05, 4.69) is 0 Å². The summed E-state index contributed by atoms with van der Waals surface area (Å²) in [7, 11) is -4.91. The van der Waals surface area contributed by atoms with E-state index < -0.39 is 18.3 Å². The highest BCUT2D eigenvalue weighted by molar-refractivity contribution is 7.49. The van der Waals surface area contributed by atoms with E-state index in [0.717, 1.165) is 24.3 Å². The van der Waals surface area contributed by atoms with E-state index in [-0.39, 0.29) is 11.3 Å². The van der Waals surface area contributed by atoms with Gasteiger partial charge < -0.3 is 20.1 Å². The third-order valence-corrected chi connectivity index (χ3v) is 2.77. The van der Waals surface area contributed by atoms with Gasteiger partial charge in [-0.3, -0.25) is 10.1 Å². The minimum atomic E-state index is -4.91. The summed E-state index contributed by atoms with van der Waals surface area (Å²) in [6.45, 7) is 0. The summed E-state index contributed by atoms with van der Waals surface area (Å²) in [4.78, 5) is 30.8. The fourth-order valence-electron chi connectivity index (χ4n) is 0.976. The lowest BCUT2D eigenvalue weighted by Gasteiger charge is -2.35. The lowest BCUT2D eigenvalue weighted by atomic mass is 10.2. The molecule has 0 fully saturated rings. The summed E-state index contributed by atoms with van der Waals surface area (Å²) in [5.41, 5.74) is 4.98. The Kier molecular flexibility index (Phi) is 3.21. The molecule has 0 aliphatic carbocycles. The third-order valence-electron chi connectivity index (χ3n) is 1.79. The number of hydrogen-bond acceptors (Lipinski definition) is 6. The number of nitro groups is 1. The zero-order chi connectivity index (χ0) is 11.6. The summed E-state index contributed by atoms with van der Waals surface area (Å²) in [5.74, 6) is -1.67. The van der Waals surface area contributed by atoms with Gasteiger partial charge in [0.25, 0.3) is 5.69 Å². The lowest BCUT2D eigenvalue weighted by Crippen LogP contribution is -2.25. The number of non-ortho nitro benzene ring substituents is 1. The molecule has 1 atom stereocenters. The molecule has 0 saturated heterocycles. The fraction of sp³-hybridized carbons (Fsp3) is 0.143. The molecular weight excluding hydrogens is 223 g/mol. The summed E-state index contributed by atoms with van der Waals surface area (Å²) >= 11 is 0. The van der Waals surface area contributed by atoms with Crippen molar-refractivity contribution in [3.05, 3.63) is 39.9 Å². The van der Waals surface area contributed by atoms with Gasteiger partial charge in [-0.05, 0) is 13.2 Å². The first-order valence-electron chi connectivity index (χ1n) is 3.84. The smallest absolute Gasteiger partial charge is 0.269 e. The molecule has 7 nitrogen and oxygen atoms in total. The van der Waals surface area contributed by atoms with Gasteiger partial charge in [0, 0.05) is 12.1 Å². The maximum Gasteiger partial charge on any atom is 0.269 e. The summed E-state index contributed by atoms with van der Waals surface area (Å²) in [6, 6.07) is 4.46. The maximum absolute atomic E-state index is 10.6. The summed E-state index contributed by atoms with van der Waals surface area (Å²) < 4.78 is 10.6. The number of nitrogens with zero attached hydrogens (tertiary/aromatic N) is 1. The molecule has 0 aliphatic heterocycles. The fourth-order valence-corrected chi connectivity index (χ4v) is 1.51. The topological polar surface area (TPSA) is 132 Å². The van der Waals surface area contributed by atoms with Gasteiger partial charge >= 0.3 is 0 Å². The Morgan fingerprint density at radius 1 is 1.27 bits per heavy atom. The number of nitrogens with two attached hydrogens (primary N) is 1. The van der Waals surface area contributed by atoms with Crippen molar-refractivity contribution >= 4 is 13.3 Å². The van der Waals surface area contributed by atoms with E-state index in [1.807, 2.05) is 0 Å². The minimum Gasteiger partial charge on any atom is -0.809 e. The first kappa shape index (κ1) is 11.8. The number of nitro benzene ring substituents is 1. The van der Waals surface area contributed by atoms with Crippen LogP contribution in [0, 0.1) is 10.1 Å². The average Bonchev–Trinajstić information content (AvgIpc) is 2.15. The summed E-state index contributed by atoms with van der Waals surface area (Å²) in [6.07, 6.45) is 0. The van der Waals surface area contributed by atoms with Crippen LogP contribution in [0.15, 0.2) is 24.3 Å². The Balaban J connectivity index is 2.99. The van der Waals surface area contributed by atoms with E-state index in [1.165, 1.54) is 0 Å². The minimum absolute atomic E-state index is 0.0360. The SMILES string of the molecule is NC(c1ccc([N+](=O)[O-])cc1)P(=O)([O-])[O-]. The molecule has 1 aromatic rings. The van der Waals surface area contributed by atoms with Crippen LogP contribution in [-0.4, -0.2) is 4.92 Å². The van der Waals surface area contributed by atoms with Gasteiger partial charge in [-0.1, -0.05) is 12.1 Å². The van der Waals surface area contributed by atoms with Crippen molar-refractivity contribution in [1.29, 1.82) is 0 Å². The van der Waals surface area contributed by atoms with Crippen LogP contribution >= 0.6 is 7.60 Å². The van der Waals surface area contributed by atoms with E-state index >= 15 is 0 Å². The molecular formula is C7H7N2O5P-2. The highest BCUT2D eigenvalue weighted by atomic mass is 31.2. The molecule has 0 aromatic heterocycles. The zero-order valence-electron chi connectivity index (χ0n) is 7.40. The van der Waals surface area contributed by atoms with Crippen LogP contribution in [-0.2, 0) is 4.57 Å². The molecule has 0 saturated carbocycles. The van der Waals surface area contributed by atoms with Crippen molar-refractivity contribution in [2.24, 2.45) is 5.73 Å². The van der Waals surface area contributed by atoms with Crippen molar-refractivity contribution < 1.29 is 19.3 Å². The second-order valence-electron chi connectivity index (χ2n) is 2.83. The highest BCUT2D eigenvalue weighted by Crippen LogP contribution is 2.39. The first-order valence-corrected chi connectivity index (χ1v) is 5.45. The van der Waals surface area contributed by atoms with Crippen LogP contribution in [0.5, 0.6) is 0 Å². The van der Waals surface area contributed by atoms with Crippen molar-refractivity contribution in [1.82, 2.24) is 0 Å². The molecule has 0 spiro atoms. The van der Waals surface area contributed by atoms with Gasteiger partial charge in [-0.25, -0.2) is 0 Å². The normalized spacial score (nSPS) is 13.5. The quantitative estimate of drug-likeness (QED) is 0.421. The van der Waals surface area contributed by atoms with Crippen LogP contribution in [0.4, 0.5) is 5.69 Å². The van der Waals surface area contributed by atoms with Crippen LogP contribution in [0.1, 0.15) is 11.3 Å². The molecule has 0 radical (unpaired) electrons. The average molecular weight is 230 g/mol. The second-order valence-corrected chi connectivity index (χ2v) is 4.47. The van der Waals surface area contributed by atoms with Crippen molar-refractivity contribution in [2.75, 3.05) is 0 Å². The first-order chi connectivity index (χ1) is 6.82. The van der Waals surface area contributed by atoms with E-state index in [1.54, 1.807) is 0 Å². The molecule has 1 aromatic carbocycles. The maximum atomic E-state index is 10.6. The largest absolute Gasteiger partial charge is 0.809 e. The highest BCUT2D eigenvalue weighted by Gasteiger charge is 2.11. The van der Waals surface area contributed by atoms with Gasteiger partial charge in [-0.2, -0.15) is 0 Å². The predicted octanol–water partition coefficient (Wildman–Crippen LogP) is -0.534. The van der Waals surface area contributed by atoms with Crippen LogP contribution < -0.4 is 15.5 Å². The standard InChI is InChI=1S/C7H9N2O5P/c8-7(15(12,13)14)5-1-3-6(4-2-5)9(10)11/h1-4,7H,8H2,(H2,12,13,14)/p-2. The zero-order valence-corrected chi connectivity index (χ0v) is 8.29. The van der Waals surface area contributed by atoms with Crippen molar-refractivity contribution in [3.63, 3.8) is 0 Å². The van der Waals surface area contributed by atoms with E-state index in [9.17, 15) is 24.5 Å². The molecule has 0 amide bonds. The van der Waals surface area contributed by atoms with Crippen molar-refractivity contribution in [2.45, 2.75) is 5.78 Å². The van der Waals surface area contributed by atoms with Crippen LogP contribution in [0.3, 0.4) is 0 Å². The van der Waals surface area contributed by atoms with Gasteiger partial charge in [0.2, 0.25) is 0 Å². The van der Waals surface area contributed by atoms with Gasteiger partial charge in [0.15, 0.2) is 0 Å². The van der Waals surface area contributed by atoms with Crippen LogP contribution in [0.25, 0.3) is 0 Å². The number of benzene rings is 1. The monoisotopic (exact) mass is 230 g/mol. The molecule has 1 rings (SSSR count). The Labute approximate surface area is 84.8 Å². The van der Waals surface area contributed by atoms with E-state index in [0.29, 0.717) is 0 Å². The number of hydrogen-bond donors (Lipinski definition) is 1. The molecule has 82 valence electrons. The Bertz CT molecular complexity index is 412. The Morgan fingerprint density at radius 3 is 2.07 bits per heavy atom. The molecule has 15 heavy (non-hydrogen) atoms. The second kappa shape index (κ2) is 4.08. The van der Waals surface area contributed by atoms with Gasteiger partial charge in [0.1, 0.15) is 0 Å². The lowest BCUT2D eigenvalue weighted by molar-refractivity contribution is -0.384. The molecule has 2 N–H and O–H groups in total. The van der Waals surface area contributed by atoms with Crippen LogP contribution in [0.2, 0.25) is 0 Å². The summed E-state index contributed by atoms with van der Waals surface area (Å²) in [5, 5.41) is 10.3.